The summed E-state index contributed by atoms with van der Waals surface area (Å²) >= 11 is 0. The van der Waals surface area contributed by atoms with Crippen LogP contribution in [0.2, 0.25) is 0 Å². The number of carbonyl (C=O) groups excluding carboxylic acids is 2. The summed E-state index contributed by atoms with van der Waals surface area (Å²) in [5, 5.41) is 4.81. The lowest BCUT2D eigenvalue weighted by Gasteiger charge is -2.15. The lowest BCUT2D eigenvalue weighted by Crippen LogP contribution is -2.30. The van der Waals surface area contributed by atoms with Crippen molar-refractivity contribution in [3.63, 3.8) is 0 Å². The van der Waals surface area contributed by atoms with Crippen molar-refractivity contribution in [2.24, 2.45) is 0 Å². The topological polar surface area (TPSA) is 55.4 Å². The number of rotatable bonds is 4. The number of ether oxygens (including phenoxy) is 1. The molecule has 3 rings (SSSR count). The molecule has 0 unspecified atom stereocenters. The molecule has 4 nitrogen and oxygen atoms in total. The Hall–Kier alpha value is -3.14. The summed E-state index contributed by atoms with van der Waals surface area (Å²) in [6, 6.07) is 20.6. The number of hydrogen-bond donors (Lipinski definition) is 1. The van der Waals surface area contributed by atoms with Crippen molar-refractivity contribution in [3.8, 4) is 0 Å². The van der Waals surface area contributed by atoms with E-state index in [1.807, 2.05) is 61.5 Å². The van der Waals surface area contributed by atoms with E-state index in [0.717, 1.165) is 16.3 Å². The SMILES string of the molecule is Cc1ccccc1C(=O)O[C@@H](C)C(=O)Nc1cccc2ccccc12. The van der Waals surface area contributed by atoms with Gasteiger partial charge in [-0.3, -0.25) is 4.79 Å². The molecule has 0 aliphatic carbocycles. The first-order chi connectivity index (χ1) is 12.1. The van der Waals surface area contributed by atoms with Crippen LogP contribution in [0, 0.1) is 6.92 Å². The molecule has 1 amide bonds. The van der Waals surface area contributed by atoms with Gasteiger partial charge in [-0.25, -0.2) is 4.79 Å². The summed E-state index contributed by atoms with van der Waals surface area (Å²) in [5.74, 6) is -0.864. The van der Waals surface area contributed by atoms with Gasteiger partial charge in [0.2, 0.25) is 0 Å². The Bertz CT molecular complexity index is 928. The fourth-order valence-corrected chi connectivity index (χ4v) is 2.65. The summed E-state index contributed by atoms with van der Waals surface area (Å²) in [6.45, 7) is 3.40. The second kappa shape index (κ2) is 7.18. The summed E-state index contributed by atoms with van der Waals surface area (Å²) < 4.78 is 5.31. The third-order valence-corrected chi connectivity index (χ3v) is 4.07. The molecular weight excluding hydrogens is 314 g/mol. The molecule has 0 aromatic heterocycles. The van der Waals surface area contributed by atoms with E-state index >= 15 is 0 Å². The van der Waals surface area contributed by atoms with Gasteiger partial charge in [-0.05, 0) is 36.9 Å². The molecule has 0 heterocycles. The summed E-state index contributed by atoms with van der Waals surface area (Å²) in [6.07, 6.45) is -0.897. The number of esters is 1. The predicted octanol–water partition coefficient (Wildman–Crippen LogP) is 4.33. The predicted molar refractivity (Wildman–Crippen MR) is 98.6 cm³/mol. The normalized spacial score (nSPS) is 11.8. The Labute approximate surface area is 146 Å². The molecule has 0 aliphatic rings. The zero-order chi connectivity index (χ0) is 17.8. The third-order valence-electron chi connectivity index (χ3n) is 4.07. The zero-order valence-corrected chi connectivity index (χ0v) is 14.2. The van der Waals surface area contributed by atoms with Gasteiger partial charge in [0.15, 0.2) is 6.10 Å². The van der Waals surface area contributed by atoms with E-state index in [2.05, 4.69) is 5.32 Å². The first-order valence-electron chi connectivity index (χ1n) is 8.11. The lowest BCUT2D eigenvalue weighted by atomic mass is 10.1. The first kappa shape index (κ1) is 16.7. The smallest absolute Gasteiger partial charge is 0.339 e. The molecule has 0 aliphatic heterocycles. The molecule has 0 radical (unpaired) electrons. The second-order valence-electron chi connectivity index (χ2n) is 5.88. The van der Waals surface area contributed by atoms with Gasteiger partial charge in [-0.1, -0.05) is 54.6 Å². The zero-order valence-electron chi connectivity index (χ0n) is 14.2. The number of fused-ring (bicyclic) bond motifs is 1. The molecule has 3 aromatic carbocycles. The van der Waals surface area contributed by atoms with Crippen molar-refractivity contribution >= 4 is 28.3 Å². The van der Waals surface area contributed by atoms with Crippen molar-refractivity contribution in [1.82, 2.24) is 0 Å². The van der Waals surface area contributed by atoms with E-state index < -0.39 is 12.1 Å². The number of anilines is 1. The van der Waals surface area contributed by atoms with Gasteiger partial charge in [-0.2, -0.15) is 0 Å². The molecule has 0 spiro atoms. The van der Waals surface area contributed by atoms with Gasteiger partial charge in [0.05, 0.1) is 5.56 Å². The van der Waals surface area contributed by atoms with E-state index in [1.165, 1.54) is 0 Å². The molecule has 25 heavy (non-hydrogen) atoms. The molecule has 1 atom stereocenters. The van der Waals surface area contributed by atoms with Crippen LogP contribution in [0.15, 0.2) is 66.7 Å². The minimum atomic E-state index is -0.897. The summed E-state index contributed by atoms with van der Waals surface area (Å²) in [5.41, 5.74) is 1.98. The standard InChI is InChI=1S/C21H19NO3/c1-14-8-3-5-11-17(14)21(24)25-15(2)20(23)22-19-13-7-10-16-9-4-6-12-18(16)19/h3-13,15H,1-2H3,(H,22,23)/t15-/m0/s1. The molecular formula is C21H19NO3. The molecule has 3 aromatic rings. The number of amides is 1. The molecule has 0 bridgehead atoms. The van der Waals surface area contributed by atoms with Gasteiger partial charge >= 0.3 is 5.97 Å². The van der Waals surface area contributed by atoms with Crippen molar-refractivity contribution in [2.75, 3.05) is 5.32 Å². The quantitative estimate of drug-likeness (QED) is 0.723. The van der Waals surface area contributed by atoms with Gasteiger partial charge in [0, 0.05) is 11.1 Å². The van der Waals surface area contributed by atoms with Crippen LogP contribution >= 0.6 is 0 Å². The van der Waals surface area contributed by atoms with Crippen LogP contribution in [-0.2, 0) is 9.53 Å². The van der Waals surface area contributed by atoms with Crippen LogP contribution in [0.5, 0.6) is 0 Å². The Morgan fingerprint density at radius 2 is 1.60 bits per heavy atom. The van der Waals surface area contributed by atoms with E-state index in [9.17, 15) is 9.59 Å². The van der Waals surface area contributed by atoms with Crippen LogP contribution in [0.3, 0.4) is 0 Å². The highest BCUT2D eigenvalue weighted by molar-refractivity contribution is 6.04. The monoisotopic (exact) mass is 333 g/mol. The number of benzene rings is 3. The van der Waals surface area contributed by atoms with E-state index in [0.29, 0.717) is 11.3 Å². The fraction of sp³-hybridized carbons (Fsp3) is 0.143. The average molecular weight is 333 g/mol. The number of aryl methyl sites for hydroxylation is 1. The highest BCUT2D eigenvalue weighted by Gasteiger charge is 2.20. The molecule has 126 valence electrons. The van der Waals surface area contributed by atoms with Crippen LogP contribution in [-0.4, -0.2) is 18.0 Å². The maximum absolute atomic E-state index is 12.4. The fourth-order valence-electron chi connectivity index (χ4n) is 2.65. The largest absolute Gasteiger partial charge is 0.449 e. The molecule has 0 saturated carbocycles. The number of carbonyl (C=O) groups is 2. The number of hydrogen-bond acceptors (Lipinski definition) is 3. The van der Waals surface area contributed by atoms with Crippen molar-refractivity contribution in [2.45, 2.75) is 20.0 Å². The van der Waals surface area contributed by atoms with Crippen LogP contribution in [0.25, 0.3) is 10.8 Å². The molecule has 0 fully saturated rings. The van der Waals surface area contributed by atoms with Gasteiger partial charge in [-0.15, -0.1) is 0 Å². The maximum atomic E-state index is 12.4. The number of nitrogens with one attached hydrogen (secondary N) is 1. The highest BCUT2D eigenvalue weighted by Crippen LogP contribution is 2.23. The van der Waals surface area contributed by atoms with E-state index in [4.69, 9.17) is 4.74 Å². The Kier molecular flexibility index (Phi) is 4.80. The first-order valence-corrected chi connectivity index (χ1v) is 8.11. The minimum Gasteiger partial charge on any atom is -0.449 e. The lowest BCUT2D eigenvalue weighted by molar-refractivity contribution is -0.123. The van der Waals surface area contributed by atoms with Gasteiger partial charge in [0.1, 0.15) is 0 Å². The van der Waals surface area contributed by atoms with E-state index in [1.54, 1.807) is 19.1 Å². The third kappa shape index (κ3) is 3.69. The summed E-state index contributed by atoms with van der Waals surface area (Å²) in [7, 11) is 0. The van der Waals surface area contributed by atoms with Crippen molar-refractivity contribution in [1.29, 1.82) is 0 Å². The van der Waals surface area contributed by atoms with Crippen LogP contribution in [0.4, 0.5) is 5.69 Å². The van der Waals surface area contributed by atoms with E-state index in [-0.39, 0.29) is 5.91 Å². The minimum absolute atomic E-state index is 0.363. The Morgan fingerprint density at radius 1 is 0.920 bits per heavy atom. The molecule has 1 N–H and O–H groups in total. The Balaban J connectivity index is 1.72. The van der Waals surface area contributed by atoms with Crippen molar-refractivity contribution in [3.05, 3.63) is 77.9 Å². The van der Waals surface area contributed by atoms with Gasteiger partial charge < -0.3 is 10.1 Å². The van der Waals surface area contributed by atoms with Crippen LogP contribution < -0.4 is 5.32 Å². The maximum Gasteiger partial charge on any atom is 0.339 e. The highest BCUT2D eigenvalue weighted by atomic mass is 16.5. The van der Waals surface area contributed by atoms with Crippen molar-refractivity contribution < 1.29 is 14.3 Å². The van der Waals surface area contributed by atoms with Crippen LogP contribution in [0.1, 0.15) is 22.8 Å². The molecule has 0 saturated heterocycles. The van der Waals surface area contributed by atoms with Gasteiger partial charge in [0.25, 0.3) is 5.91 Å². The second-order valence-corrected chi connectivity index (χ2v) is 5.88. The summed E-state index contributed by atoms with van der Waals surface area (Å²) in [4.78, 5) is 24.7. The average Bonchev–Trinajstić information content (AvgIpc) is 2.62. The molecule has 4 heteroatoms. The Morgan fingerprint density at radius 3 is 2.40 bits per heavy atom.